The number of halogens is 1. The first kappa shape index (κ1) is 16.9. The van der Waals surface area contributed by atoms with Crippen molar-refractivity contribution in [1.82, 2.24) is 19.7 Å². The molecule has 3 heterocycles. The topological polar surface area (TPSA) is 88.7 Å². The highest BCUT2D eigenvalue weighted by molar-refractivity contribution is 6.03. The van der Waals surface area contributed by atoms with Gasteiger partial charge in [0, 0.05) is 11.9 Å². The third kappa shape index (κ3) is 3.27. The number of hydrogen-bond acceptors (Lipinski definition) is 4. The number of benzene rings is 2. The van der Waals surface area contributed by atoms with Crippen LogP contribution in [0.1, 0.15) is 10.5 Å². The van der Waals surface area contributed by atoms with Crippen molar-refractivity contribution in [3.8, 4) is 17.3 Å². The molecule has 0 aliphatic rings. The number of H-pyrrole nitrogens is 1. The van der Waals surface area contributed by atoms with Gasteiger partial charge in [-0.15, -0.1) is 0 Å². The number of aromatic nitrogens is 4. The fourth-order valence-electron chi connectivity index (χ4n) is 3.02. The highest BCUT2D eigenvalue weighted by Gasteiger charge is 2.13. The van der Waals surface area contributed by atoms with Crippen LogP contribution >= 0.6 is 0 Å². The molecule has 8 heteroatoms. The molecule has 0 atom stereocenters. The zero-order valence-electron chi connectivity index (χ0n) is 15.0. The molecule has 2 aromatic carbocycles. The number of anilines is 1. The van der Waals surface area contributed by atoms with Gasteiger partial charge >= 0.3 is 0 Å². The maximum absolute atomic E-state index is 13.4. The zero-order valence-corrected chi connectivity index (χ0v) is 15.0. The Kier molecular flexibility index (Phi) is 3.94. The minimum atomic E-state index is -0.370. The Hall–Kier alpha value is -4.20. The van der Waals surface area contributed by atoms with E-state index in [9.17, 15) is 9.18 Å². The number of imidazole rings is 1. The van der Waals surface area contributed by atoms with Gasteiger partial charge in [-0.3, -0.25) is 4.79 Å². The molecule has 0 aliphatic heterocycles. The Balaban J connectivity index is 1.37. The number of nitrogens with one attached hydrogen (secondary N) is 2. The average Bonchev–Trinajstić information content (AvgIpc) is 3.46. The van der Waals surface area contributed by atoms with Crippen LogP contribution in [0.5, 0.6) is 0 Å². The maximum Gasteiger partial charge on any atom is 0.276 e. The van der Waals surface area contributed by atoms with Gasteiger partial charge in [-0.2, -0.15) is 5.10 Å². The van der Waals surface area contributed by atoms with Gasteiger partial charge in [-0.25, -0.2) is 14.1 Å². The Labute approximate surface area is 163 Å². The van der Waals surface area contributed by atoms with Gasteiger partial charge in [0.25, 0.3) is 5.91 Å². The molecule has 5 rings (SSSR count). The van der Waals surface area contributed by atoms with Gasteiger partial charge in [0.1, 0.15) is 5.82 Å². The molecular formula is C21H14FN5O2. The van der Waals surface area contributed by atoms with Crippen LogP contribution in [-0.4, -0.2) is 25.7 Å². The van der Waals surface area contributed by atoms with Crippen molar-refractivity contribution in [2.45, 2.75) is 0 Å². The van der Waals surface area contributed by atoms with Crippen molar-refractivity contribution in [2.75, 3.05) is 5.32 Å². The molecule has 0 saturated heterocycles. The van der Waals surface area contributed by atoms with Crippen molar-refractivity contribution in [3.05, 3.63) is 84.6 Å². The number of carbonyl (C=O) groups is 1. The number of nitrogens with zero attached hydrogens (tertiary/aromatic N) is 3. The SMILES string of the molecule is O=C(Nc1ccc2nc(-c3ccco3)[nH]c2c1)c1ccn(-c2cccc(F)c2)n1. The Morgan fingerprint density at radius 3 is 2.86 bits per heavy atom. The van der Waals surface area contributed by atoms with Crippen LogP contribution in [0.3, 0.4) is 0 Å². The quantitative estimate of drug-likeness (QED) is 0.478. The molecule has 0 unspecified atom stereocenters. The summed E-state index contributed by atoms with van der Waals surface area (Å²) in [6.07, 6.45) is 3.19. The minimum absolute atomic E-state index is 0.218. The molecule has 0 bridgehead atoms. The molecule has 3 aromatic heterocycles. The molecule has 29 heavy (non-hydrogen) atoms. The lowest BCUT2D eigenvalue weighted by molar-refractivity contribution is 0.102. The lowest BCUT2D eigenvalue weighted by Crippen LogP contribution is -2.13. The number of fused-ring (bicyclic) bond motifs is 1. The summed E-state index contributed by atoms with van der Waals surface area (Å²) in [5.41, 5.74) is 2.87. The number of amides is 1. The number of furan rings is 1. The molecule has 0 fully saturated rings. The van der Waals surface area contributed by atoms with E-state index in [0.717, 1.165) is 11.0 Å². The smallest absolute Gasteiger partial charge is 0.276 e. The second kappa shape index (κ2) is 6.75. The van der Waals surface area contributed by atoms with Crippen LogP contribution in [0.15, 0.2) is 77.5 Å². The van der Waals surface area contributed by atoms with E-state index in [-0.39, 0.29) is 17.4 Å². The summed E-state index contributed by atoms with van der Waals surface area (Å²) in [6, 6.07) is 16.5. The van der Waals surface area contributed by atoms with E-state index in [1.165, 1.54) is 16.8 Å². The fraction of sp³-hybridized carbons (Fsp3) is 0. The van der Waals surface area contributed by atoms with Gasteiger partial charge in [0.2, 0.25) is 0 Å². The van der Waals surface area contributed by atoms with Crippen LogP contribution in [0, 0.1) is 5.82 Å². The first-order valence-corrected chi connectivity index (χ1v) is 8.82. The predicted molar refractivity (Wildman–Crippen MR) is 105 cm³/mol. The number of rotatable bonds is 4. The third-order valence-electron chi connectivity index (χ3n) is 4.39. The monoisotopic (exact) mass is 387 g/mol. The molecule has 0 saturated carbocycles. The Morgan fingerprint density at radius 1 is 1.10 bits per heavy atom. The summed E-state index contributed by atoms with van der Waals surface area (Å²) in [6.45, 7) is 0. The van der Waals surface area contributed by atoms with Gasteiger partial charge in [0.05, 0.1) is 23.0 Å². The van der Waals surface area contributed by atoms with Crippen molar-refractivity contribution in [2.24, 2.45) is 0 Å². The van der Waals surface area contributed by atoms with E-state index in [1.54, 1.807) is 54.9 Å². The van der Waals surface area contributed by atoms with Crippen LogP contribution in [0.4, 0.5) is 10.1 Å². The standard InChI is InChI=1S/C21H14FN5O2/c22-13-3-1-4-15(11-13)27-9-8-17(26-27)21(28)23-14-6-7-16-18(12-14)25-20(24-16)19-5-2-10-29-19/h1-12H,(H,23,28)(H,24,25). The number of carbonyl (C=O) groups excluding carboxylic acids is 1. The molecule has 0 spiro atoms. The lowest BCUT2D eigenvalue weighted by atomic mass is 10.2. The lowest BCUT2D eigenvalue weighted by Gasteiger charge is -2.03. The van der Waals surface area contributed by atoms with E-state index < -0.39 is 0 Å². The molecule has 2 N–H and O–H groups in total. The number of aromatic amines is 1. The van der Waals surface area contributed by atoms with E-state index in [2.05, 4.69) is 20.4 Å². The van der Waals surface area contributed by atoms with Crippen molar-refractivity contribution in [1.29, 1.82) is 0 Å². The van der Waals surface area contributed by atoms with E-state index in [4.69, 9.17) is 4.42 Å². The Bertz CT molecular complexity index is 1320. The van der Waals surface area contributed by atoms with E-state index >= 15 is 0 Å². The van der Waals surface area contributed by atoms with Gasteiger partial charge < -0.3 is 14.7 Å². The summed E-state index contributed by atoms with van der Waals surface area (Å²) in [5, 5.41) is 7.03. The predicted octanol–water partition coefficient (Wildman–Crippen LogP) is 4.40. The number of hydrogen-bond donors (Lipinski definition) is 2. The first-order valence-electron chi connectivity index (χ1n) is 8.82. The van der Waals surface area contributed by atoms with Crippen molar-refractivity contribution in [3.63, 3.8) is 0 Å². The van der Waals surface area contributed by atoms with Gasteiger partial charge in [-0.1, -0.05) is 6.07 Å². The molecular weight excluding hydrogens is 373 g/mol. The second-order valence-corrected chi connectivity index (χ2v) is 6.37. The molecule has 142 valence electrons. The zero-order chi connectivity index (χ0) is 19.8. The fourth-order valence-corrected chi connectivity index (χ4v) is 3.02. The molecule has 1 amide bonds. The molecule has 7 nitrogen and oxygen atoms in total. The highest BCUT2D eigenvalue weighted by Crippen LogP contribution is 2.23. The average molecular weight is 387 g/mol. The summed E-state index contributed by atoms with van der Waals surface area (Å²) in [4.78, 5) is 20.2. The minimum Gasteiger partial charge on any atom is -0.461 e. The molecule has 5 aromatic rings. The molecule has 0 aliphatic carbocycles. The normalized spacial score (nSPS) is 11.1. The second-order valence-electron chi connectivity index (χ2n) is 6.37. The first-order chi connectivity index (χ1) is 14.2. The summed E-state index contributed by atoms with van der Waals surface area (Å²) in [5.74, 6) is 0.507. The summed E-state index contributed by atoms with van der Waals surface area (Å²) in [7, 11) is 0. The summed E-state index contributed by atoms with van der Waals surface area (Å²) < 4.78 is 20.2. The van der Waals surface area contributed by atoms with E-state index in [1.807, 2.05) is 6.07 Å². The van der Waals surface area contributed by atoms with Crippen LogP contribution in [0.25, 0.3) is 28.3 Å². The van der Waals surface area contributed by atoms with Crippen molar-refractivity contribution < 1.29 is 13.6 Å². The van der Waals surface area contributed by atoms with Gasteiger partial charge in [-0.05, 0) is 54.6 Å². The largest absolute Gasteiger partial charge is 0.461 e. The molecule has 0 radical (unpaired) electrons. The summed E-state index contributed by atoms with van der Waals surface area (Å²) >= 11 is 0. The third-order valence-corrected chi connectivity index (χ3v) is 4.39. The van der Waals surface area contributed by atoms with Crippen LogP contribution in [0.2, 0.25) is 0 Å². The van der Waals surface area contributed by atoms with Crippen molar-refractivity contribution >= 4 is 22.6 Å². The van der Waals surface area contributed by atoms with E-state index in [0.29, 0.717) is 23.0 Å². The van der Waals surface area contributed by atoms with Gasteiger partial charge in [0.15, 0.2) is 17.3 Å². The van der Waals surface area contributed by atoms with Crippen LogP contribution < -0.4 is 5.32 Å². The maximum atomic E-state index is 13.4. The Morgan fingerprint density at radius 2 is 2.03 bits per heavy atom. The highest BCUT2D eigenvalue weighted by atomic mass is 19.1. The van der Waals surface area contributed by atoms with Crippen LogP contribution in [-0.2, 0) is 0 Å².